The number of esters is 1. The maximum absolute atomic E-state index is 12.4. The van der Waals surface area contributed by atoms with Crippen LogP contribution in [0, 0.1) is 0 Å². The number of fused-ring (bicyclic) bond motifs is 1. The molecule has 0 bridgehead atoms. The molecular formula is C17H15NO5. The van der Waals surface area contributed by atoms with E-state index in [-0.39, 0.29) is 6.79 Å². The third-order valence-electron chi connectivity index (χ3n) is 3.48. The monoisotopic (exact) mass is 313 g/mol. The van der Waals surface area contributed by atoms with Crippen LogP contribution in [0.15, 0.2) is 48.5 Å². The molecule has 1 atom stereocenters. The van der Waals surface area contributed by atoms with Gasteiger partial charge in [0.2, 0.25) is 6.79 Å². The van der Waals surface area contributed by atoms with Crippen molar-refractivity contribution in [3.63, 3.8) is 0 Å². The van der Waals surface area contributed by atoms with E-state index in [0.29, 0.717) is 22.6 Å². The van der Waals surface area contributed by atoms with Gasteiger partial charge in [0.1, 0.15) is 0 Å². The average molecular weight is 313 g/mol. The van der Waals surface area contributed by atoms with Gasteiger partial charge in [-0.3, -0.25) is 4.79 Å². The van der Waals surface area contributed by atoms with Gasteiger partial charge < -0.3 is 19.5 Å². The number of carbonyl (C=O) groups is 2. The zero-order valence-corrected chi connectivity index (χ0v) is 12.4. The quantitative estimate of drug-likeness (QED) is 0.875. The largest absolute Gasteiger partial charge is 0.467 e. The maximum Gasteiger partial charge on any atom is 0.333 e. The summed E-state index contributed by atoms with van der Waals surface area (Å²) in [5.41, 5.74) is 1.02. The highest BCUT2D eigenvalue weighted by Crippen LogP contribution is 2.32. The molecule has 0 saturated carbocycles. The van der Waals surface area contributed by atoms with Gasteiger partial charge in [-0.25, -0.2) is 4.79 Å². The predicted molar refractivity (Wildman–Crippen MR) is 81.2 cm³/mol. The van der Waals surface area contributed by atoms with Crippen molar-refractivity contribution < 1.29 is 23.8 Å². The molecule has 1 N–H and O–H groups in total. The molecule has 0 radical (unpaired) electrons. The summed E-state index contributed by atoms with van der Waals surface area (Å²) < 4.78 is 15.2. The third kappa shape index (κ3) is 3.11. The van der Waals surface area contributed by atoms with Crippen LogP contribution in [0.5, 0.6) is 11.5 Å². The van der Waals surface area contributed by atoms with E-state index in [2.05, 4.69) is 5.32 Å². The highest BCUT2D eigenvalue weighted by atomic mass is 16.7. The van der Waals surface area contributed by atoms with E-state index in [9.17, 15) is 9.59 Å². The Hall–Kier alpha value is -3.02. The Kier molecular flexibility index (Phi) is 4.14. The number of hydrogen-bond donors (Lipinski definition) is 1. The van der Waals surface area contributed by atoms with Crippen LogP contribution in [-0.4, -0.2) is 25.8 Å². The summed E-state index contributed by atoms with van der Waals surface area (Å²) in [6.07, 6.45) is 0. The lowest BCUT2D eigenvalue weighted by Crippen LogP contribution is -2.34. The van der Waals surface area contributed by atoms with Crippen molar-refractivity contribution in [2.45, 2.75) is 6.04 Å². The Morgan fingerprint density at radius 2 is 1.83 bits per heavy atom. The van der Waals surface area contributed by atoms with Gasteiger partial charge >= 0.3 is 5.97 Å². The fraction of sp³-hybridized carbons (Fsp3) is 0.176. The molecule has 0 saturated heterocycles. The van der Waals surface area contributed by atoms with Crippen molar-refractivity contribution in [3.05, 3.63) is 59.7 Å². The molecule has 0 aliphatic carbocycles. The summed E-state index contributed by atoms with van der Waals surface area (Å²) in [5.74, 6) is 0.161. The normalized spacial score (nSPS) is 13.3. The lowest BCUT2D eigenvalue weighted by atomic mass is 10.1. The van der Waals surface area contributed by atoms with E-state index in [1.165, 1.54) is 7.11 Å². The van der Waals surface area contributed by atoms with Gasteiger partial charge in [0.05, 0.1) is 7.11 Å². The van der Waals surface area contributed by atoms with Crippen molar-refractivity contribution in [1.29, 1.82) is 0 Å². The van der Waals surface area contributed by atoms with Crippen LogP contribution in [0.4, 0.5) is 0 Å². The summed E-state index contributed by atoms with van der Waals surface area (Å²) >= 11 is 0. The SMILES string of the molecule is COC(=O)[C@@H](NC(=O)c1ccc2c(c1)OCO2)c1ccccc1. The molecule has 1 amide bonds. The molecule has 23 heavy (non-hydrogen) atoms. The number of ether oxygens (including phenoxy) is 3. The molecule has 0 aromatic heterocycles. The van der Waals surface area contributed by atoms with Gasteiger partial charge in [0, 0.05) is 5.56 Å². The molecule has 2 aromatic carbocycles. The molecule has 2 aromatic rings. The van der Waals surface area contributed by atoms with Crippen molar-refractivity contribution in [2.24, 2.45) is 0 Å². The fourth-order valence-electron chi connectivity index (χ4n) is 2.29. The molecular weight excluding hydrogens is 298 g/mol. The number of nitrogens with one attached hydrogen (secondary N) is 1. The molecule has 0 spiro atoms. The number of amides is 1. The minimum atomic E-state index is -0.876. The Morgan fingerprint density at radius 3 is 2.57 bits per heavy atom. The predicted octanol–water partition coefficient (Wildman–Crippen LogP) is 2.06. The second-order valence-electron chi connectivity index (χ2n) is 4.91. The standard InChI is InChI=1S/C17H15NO5/c1-21-17(20)15(11-5-3-2-4-6-11)18-16(19)12-7-8-13-14(9-12)23-10-22-13/h2-9,15H,10H2,1H3,(H,18,19)/t15-/m0/s1. The number of rotatable bonds is 4. The zero-order valence-electron chi connectivity index (χ0n) is 12.4. The lowest BCUT2D eigenvalue weighted by molar-refractivity contribution is -0.143. The van der Waals surface area contributed by atoms with Crippen molar-refractivity contribution >= 4 is 11.9 Å². The second-order valence-corrected chi connectivity index (χ2v) is 4.91. The molecule has 6 heteroatoms. The molecule has 1 heterocycles. The first-order valence-corrected chi connectivity index (χ1v) is 7.02. The Bertz CT molecular complexity index is 729. The number of benzene rings is 2. The molecule has 1 aliphatic rings. The smallest absolute Gasteiger partial charge is 0.333 e. The van der Waals surface area contributed by atoms with Gasteiger partial charge in [-0.2, -0.15) is 0 Å². The summed E-state index contributed by atoms with van der Waals surface area (Å²) in [6.45, 7) is 0.134. The van der Waals surface area contributed by atoms with Crippen LogP contribution in [0.25, 0.3) is 0 Å². The summed E-state index contributed by atoms with van der Waals surface area (Å²) in [4.78, 5) is 24.4. The second kappa shape index (κ2) is 6.39. The Labute approximate surface area is 133 Å². The third-order valence-corrected chi connectivity index (χ3v) is 3.48. The molecule has 3 rings (SSSR count). The van der Waals surface area contributed by atoms with Crippen LogP contribution in [0.2, 0.25) is 0 Å². The molecule has 0 unspecified atom stereocenters. The average Bonchev–Trinajstić information content (AvgIpc) is 3.07. The zero-order chi connectivity index (χ0) is 16.2. The number of methoxy groups -OCH3 is 1. The van der Waals surface area contributed by atoms with E-state index in [1.54, 1.807) is 42.5 Å². The van der Waals surface area contributed by atoms with Crippen molar-refractivity contribution in [1.82, 2.24) is 5.32 Å². The minimum Gasteiger partial charge on any atom is -0.467 e. The molecule has 0 fully saturated rings. The van der Waals surface area contributed by atoms with E-state index >= 15 is 0 Å². The van der Waals surface area contributed by atoms with E-state index in [0.717, 1.165) is 0 Å². The summed E-state index contributed by atoms with van der Waals surface area (Å²) in [6, 6.07) is 12.9. The van der Waals surface area contributed by atoms with Gasteiger partial charge in [-0.15, -0.1) is 0 Å². The van der Waals surface area contributed by atoms with Gasteiger partial charge in [0.25, 0.3) is 5.91 Å². The van der Waals surface area contributed by atoms with Crippen LogP contribution < -0.4 is 14.8 Å². The Balaban J connectivity index is 1.82. The fourth-order valence-corrected chi connectivity index (χ4v) is 2.29. The van der Waals surface area contributed by atoms with Crippen LogP contribution in [0.1, 0.15) is 22.0 Å². The Morgan fingerprint density at radius 1 is 1.09 bits per heavy atom. The molecule has 118 valence electrons. The molecule has 6 nitrogen and oxygen atoms in total. The molecule has 1 aliphatic heterocycles. The maximum atomic E-state index is 12.4. The van der Waals surface area contributed by atoms with Crippen LogP contribution in [-0.2, 0) is 9.53 Å². The van der Waals surface area contributed by atoms with Crippen LogP contribution in [0.3, 0.4) is 0 Å². The van der Waals surface area contributed by atoms with Gasteiger partial charge in [-0.05, 0) is 23.8 Å². The first kappa shape index (κ1) is 14.9. The topological polar surface area (TPSA) is 73.9 Å². The van der Waals surface area contributed by atoms with E-state index < -0.39 is 17.9 Å². The summed E-state index contributed by atoms with van der Waals surface area (Å²) in [7, 11) is 1.28. The lowest BCUT2D eigenvalue weighted by Gasteiger charge is -2.17. The van der Waals surface area contributed by atoms with Crippen LogP contribution >= 0.6 is 0 Å². The summed E-state index contributed by atoms with van der Waals surface area (Å²) in [5, 5.41) is 2.68. The minimum absolute atomic E-state index is 0.134. The highest BCUT2D eigenvalue weighted by molar-refractivity contribution is 5.97. The number of hydrogen-bond acceptors (Lipinski definition) is 5. The highest BCUT2D eigenvalue weighted by Gasteiger charge is 2.25. The first-order chi connectivity index (χ1) is 11.2. The van der Waals surface area contributed by atoms with E-state index in [1.807, 2.05) is 6.07 Å². The van der Waals surface area contributed by atoms with Gasteiger partial charge in [0.15, 0.2) is 17.5 Å². The van der Waals surface area contributed by atoms with Gasteiger partial charge in [-0.1, -0.05) is 30.3 Å². The number of carbonyl (C=O) groups excluding carboxylic acids is 2. The first-order valence-electron chi connectivity index (χ1n) is 7.02. The van der Waals surface area contributed by atoms with E-state index in [4.69, 9.17) is 14.2 Å². The van der Waals surface area contributed by atoms with Crippen molar-refractivity contribution in [2.75, 3.05) is 13.9 Å². The van der Waals surface area contributed by atoms with Crippen molar-refractivity contribution in [3.8, 4) is 11.5 Å².